The third-order valence-corrected chi connectivity index (χ3v) is 4.32. The van der Waals surface area contributed by atoms with Gasteiger partial charge in [-0.05, 0) is 43.2 Å². The first-order valence-electron chi connectivity index (χ1n) is 8.99. The van der Waals surface area contributed by atoms with Gasteiger partial charge in [0.2, 0.25) is 0 Å². The zero-order valence-electron chi connectivity index (χ0n) is 15.2. The molecule has 3 rings (SSSR count). The molecule has 1 aromatic heterocycles. The highest BCUT2D eigenvalue weighted by Crippen LogP contribution is 2.34. The van der Waals surface area contributed by atoms with Gasteiger partial charge in [-0.2, -0.15) is 0 Å². The van der Waals surface area contributed by atoms with Crippen molar-refractivity contribution in [3.05, 3.63) is 47.4 Å². The number of hydrogen-bond donors (Lipinski definition) is 1. The molecule has 26 heavy (non-hydrogen) atoms. The molecule has 0 radical (unpaired) electrons. The molecule has 1 aliphatic heterocycles. The molecule has 6 nitrogen and oxygen atoms in total. The van der Waals surface area contributed by atoms with Crippen molar-refractivity contribution in [3.8, 4) is 5.75 Å². The molecule has 1 aromatic carbocycles. The Bertz CT molecular complexity index is 797. The number of unbranched alkanes of at least 4 members (excludes halogenated alkanes) is 2. The Hall–Kier alpha value is -2.76. The van der Waals surface area contributed by atoms with Gasteiger partial charge in [0, 0.05) is 6.54 Å². The second-order valence-corrected chi connectivity index (χ2v) is 6.47. The summed E-state index contributed by atoms with van der Waals surface area (Å²) >= 11 is 0. The van der Waals surface area contributed by atoms with Crippen LogP contribution >= 0.6 is 0 Å². The molecule has 0 spiro atoms. The molecule has 0 unspecified atom stereocenters. The highest BCUT2D eigenvalue weighted by molar-refractivity contribution is 5.97. The number of benzene rings is 1. The number of furan rings is 1. The maximum Gasteiger partial charge on any atom is 0.286 e. The van der Waals surface area contributed by atoms with E-state index in [1.165, 1.54) is 0 Å². The quantitative estimate of drug-likeness (QED) is 0.772. The number of rotatable bonds is 7. The molecule has 0 atom stereocenters. The lowest BCUT2D eigenvalue weighted by molar-refractivity contribution is -0.121. The van der Waals surface area contributed by atoms with E-state index in [1.54, 1.807) is 17.0 Å². The van der Waals surface area contributed by atoms with Crippen molar-refractivity contribution in [2.75, 3.05) is 18.1 Å². The predicted molar refractivity (Wildman–Crippen MR) is 98.4 cm³/mol. The number of nitrogens with one attached hydrogen (secondary N) is 1. The molecule has 0 fully saturated rings. The van der Waals surface area contributed by atoms with Gasteiger partial charge in [-0.15, -0.1) is 0 Å². The van der Waals surface area contributed by atoms with Crippen molar-refractivity contribution in [2.24, 2.45) is 0 Å². The van der Waals surface area contributed by atoms with Gasteiger partial charge in [0.15, 0.2) is 12.4 Å². The van der Waals surface area contributed by atoms with Crippen LogP contribution in [0.3, 0.4) is 0 Å². The zero-order valence-corrected chi connectivity index (χ0v) is 15.2. The lowest BCUT2D eigenvalue weighted by Gasteiger charge is -2.29. The van der Waals surface area contributed by atoms with Gasteiger partial charge in [0.1, 0.15) is 11.5 Å². The van der Waals surface area contributed by atoms with Gasteiger partial charge in [-0.3, -0.25) is 14.5 Å². The molecule has 138 valence electrons. The summed E-state index contributed by atoms with van der Waals surface area (Å²) in [5.41, 5.74) is 1.77. The number of hydrogen-bond acceptors (Lipinski definition) is 4. The number of nitrogens with zero attached hydrogens (tertiary/aromatic N) is 1. The van der Waals surface area contributed by atoms with E-state index in [-0.39, 0.29) is 30.7 Å². The van der Waals surface area contributed by atoms with E-state index in [0.717, 1.165) is 30.5 Å². The lowest BCUT2D eigenvalue weighted by atomic mass is 10.1. The van der Waals surface area contributed by atoms with Crippen molar-refractivity contribution in [3.63, 3.8) is 0 Å². The van der Waals surface area contributed by atoms with E-state index >= 15 is 0 Å². The van der Waals surface area contributed by atoms with E-state index in [4.69, 9.17) is 9.15 Å². The Morgan fingerprint density at radius 2 is 2.08 bits per heavy atom. The summed E-state index contributed by atoms with van der Waals surface area (Å²) in [6.07, 6.45) is 3.14. The summed E-state index contributed by atoms with van der Waals surface area (Å²) in [6, 6.07) is 9.10. The average Bonchev–Trinajstić information content (AvgIpc) is 3.10. The first-order valence-corrected chi connectivity index (χ1v) is 8.99. The normalized spacial score (nSPS) is 13.3. The molecule has 2 amide bonds. The second-order valence-electron chi connectivity index (χ2n) is 6.47. The van der Waals surface area contributed by atoms with Crippen molar-refractivity contribution < 1.29 is 18.7 Å². The van der Waals surface area contributed by atoms with Crippen LogP contribution in [0.15, 0.2) is 34.7 Å². The van der Waals surface area contributed by atoms with Gasteiger partial charge < -0.3 is 14.5 Å². The minimum Gasteiger partial charge on any atom is -0.482 e. The summed E-state index contributed by atoms with van der Waals surface area (Å²) < 4.78 is 11.1. The third kappa shape index (κ3) is 4.07. The largest absolute Gasteiger partial charge is 0.482 e. The highest BCUT2D eigenvalue weighted by atomic mass is 16.5. The van der Waals surface area contributed by atoms with Crippen molar-refractivity contribution in [1.82, 2.24) is 5.32 Å². The summed E-state index contributed by atoms with van der Waals surface area (Å²) in [4.78, 5) is 26.0. The molecule has 1 aliphatic rings. The standard InChI is InChI=1S/C20H24N2O4/c1-3-4-5-10-21-20(24)18-9-7-15(26-18)12-22-16-11-14(2)6-8-17(16)25-13-19(22)23/h6-9,11H,3-5,10,12-13H2,1-2H3,(H,21,24). The lowest BCUT2D eigenvalue weighted by Crippen LogP contribution is -2.38. The predicted octanol–water partition coefficient (Wildman–Crippen LogP) is 3.43. The van der Waals surface area contributed by atoms with Crippen LogP contribution in [0, 0.1) is 6.92 Å². The monoisotopic (exact) mass is 356 g/mol. The van der Waals surface area contributed by atoms with Gasteiger partial charge in [-0.1, -0.05) is 25.8 Å². The minimum absolute atomic E-state index is 0.00153. The van der Waals surface area contributed by atoms with Crippen LogP contribution in [-0.4, -0.2) is 25.0 Å². The summed E-state index contributed by atoms with van der Waals surface area (Å²) in [5, 5.41) is 2.85. The van der Waals surface area contributed by atoms with E-state index in [2.05, 4.69) is 12.2 Å². The topological polar surface area (TPSA) is 71.8 Å². The smallest absolute Gasteiger partial charge is 0.286 e. The van der Waals surface area contributed by atoms with Crippen molar-refractivity contribution in [1.29, 1.82) is 0 Å². The Labute approximate surface area is 153 Å². The summed E-state index contributed by atoms with van der Waals surface area (Å²) in [6.45, 7) is 4.99. The van der Waals surface area contributed by atoms with Crippen LogP contribution in [0.5, 0.6) is 5.75 Å². The third-order valence-electron chi connectivity index (χ3n) is 4.32. The molecule has 0 bridgehead atoms. The van der Waals surface area contributed by atoms with Gasteiger partial charge in [-0.25, -0.2) is 0 Å². The van der Waals surface area contributed by atoms with E-state index in [1.807, 2.05) is 25.1 Å². The number of carbonyl (C=O) groups is 2. The molecule has 1 N–H and O–H groups in total. The van der Waals surface area contributed by atoms with Gasteiger partial charge >= 0.3 is 0 Å². The zero-order chi connectivity index (χ0) is 18.5. The number of carbonyl (C=O) groups excluding carboxylic acids is 2. The van der Waals surface area contributed by atoms with E-state index in [9.17, 15) is 9.59 Å². The van der Waals surface area contributed by atoms with Crippen LogP contribution < -0.4 is 15.0 Å². The first kappa shape index (κ1) is 18.0. The number of fused-ring (bicyclic) bond motifs is 1. The Morgan fingerprint density at radius 1 is 1.23 bits per heavy atom. The number of ether oxygens (including phenoxy) is 1. The number of aryl methyl sites for hydroxylation is 1. The van der Waals surface area contributed by atoms with Crippen LogP contribution in [0.2, 0.25) is 0 Å². The summed E-state index contributed by atoms with van der Waals surface area (Å²) in [7, 11) is 0. The number of amides is 2. The molecular formula is C20H24N2O4. The SMILES string of the molecule is CCCCCNC(=O)c1ccc(CN2C(=O)COc3ccc(C)cc32)o1. The molecule has 0 aliphatic carbocycles. The molecule has 2 heterocycles. The van der Waals surface area contributed by atoms with Crippen LogP contribution in [0.25, 0.3) is 0 Å². The number of anilines is 1. The first-order chi connectivity index (χ1) is 12.6. The van der Waals surface area contributed by atoms with Crippen LogP contribution in [0.1, 0.15) is 48.1 Å². The Balaban J connectivity index is 1.68. The fraction of sp³-hybridized carbons (Fsp3) is 0.400. The maximum atomic E-state index is 12.3. The highest BCUT2D eigenvalue weighted by Gasteiger charge is 2.26. The fourth-order valence-corrected chi connectivity index (χ4v) is 2.89. The summed E-state index contributed by atoms with van der Waals surface area (Å²) in [5.74, 6) is 1.14. The molecular weight excluding hydrogens is 332 g/mol. The van der Waals surface area contributed by atoms with Crippen LogP contribution in [-0.2, 0) is 11.3 Å². The van der Waals surface area contributed by atoms with Gasteiger partial charge in [0.25, 0.3) is 11.8 Å². The molecule has 0 saturated heterocycles. The average molecular weight is 356 g/mol. The molecule has 2 aromatic rings. The fourth-order valence-electron chi connectivity index (χ4n) is 2.89. The van der Waals surface area contributed by atoms with Crippen LogP contribution in [0.4, 0.5) is 5.69 Å². The maximum absolute atomic E-state index is 12.3. The molecule has 0 saturated carbocycles. The second kappa shape index (κ2) is 8.08. The minimum atomic E-state index is -0.225. The van der Waals surface area contributed by atoms with E-state index < -0.39 is 0 Å². The van der Waals surface area contributed by atoms with Crippen molar-refractivity contribution in [2.45, 2.75) is 39.7 Å². The van der Waals surface area contributed by atoms with E-state index in [0.29, 0.717) is 18.1 Å². The Morgan fingerprint density at radius 3 is 2.88 bits per heavy atom. The van der Waals surface area contributed by atoms with Crippen molar-refractivity contribution >= 4 is 17.5 Å². The molecule has 6 heteroatoms. The Kier molecular flexibility index (Phi) is 5.61. The van der Waals surface area contributed by atoms with Gasteiger partial charge in [0.05, 0.1) is 12.2 Å².